The number of rotatable bonds is 6. The van der Waals surface area contributed by atoms with Crippen LogP contribution in [-0.4, -0.2) is 18.0 Å². The molecule has 19 heavy (non-hydrogen) atoms. The van der Waals surface area contributed by atoms with Crippen molar-refractivity contribution in [1.29, 1.82) is 0 Å². The first-order valence-electron chi connectivity index (χ1n) is 8.25. The number of hydrogen-bond donors (Lipinski definition) is 2. The van der Waals surface area contributed by atoms with Gasteiger partial charge in [0.25, 0.3) is 0 Å². The third-order valence-corrected chi connectivity index (χ3v) is 5.10. The van der Waals surface area contributed by atoms with Gasteiger partial charge in [-0.2, -0.15) is 0 Å². The summed E-state index contributed by atoms with van der Waals surface area (Å²) < 4.78 is 0. The largest absolute Gasteiger partial charge is 0.349 e. The smallest absolute Gasteiger partial charge is 0.220 e. The molecular formula is C16H30N2O. The van der Waals surface area contributed by atoms with Crippen LogP contribution in [0.3, 0.4) is 0 Å². The lowest BCUT2D eigenvalue weighted by Crippen LogP contribution is -2.51. The lowest BCUT2D eigenvalue weighted by molar-refractivity contribution is -0.123. The van der Waals surface area contributed by atoms with Crippen molar-refractivity contribution in [3.05, 3.63) is 0 Å². The zero-order valence-electron chi connectivity index (χ0n) is 12.3. The maximum absolute atomic E-state index is 12.0. The molecule has 2 aliphatic carbocycles. The topological polar surface area (TPSA) is 55.1 Å². The van der Waals surface area contributed by atoms with Gasteiger partial charge >= 0.3 is 0 Å². The lowest BCUT2D eigenvalue weighted by atomic mass is 9.86. The van der Waals surface area contributed by atoms with Crippen LogP contribution in [0.25, 0.3) is 0 Å². The van der Waals surface area contributed by atoms with Crippen molar-refractivity contribution in [2.24, 2.45) is 11.7 Å². The van der Waals surface area contributed by atoms with E-state index in [0.29, 0.717) is 13.0 Å². The number of carbonyl (C=O) groups excluding carboxylic acids is 1. The number of nitrogens with one attached hydrogen (secondary N) is 1. The molecule has 3 nitrogen and oxygen atoms in total. The Morgan fingerprint density at radius 1 is 1.11 bits per heavy atom. The van der Waals surface area contributed by atoms with Crippen LogP contribution in [0.1, 0.15) is 77.0 Å². The van der Waals surface area contributed by atoms with Crippen LogP contribution in [0, 0.1) is 5.92 Å². The Balaban J connectivity index is 1.63. The Labute approximate surface area is 117 Å². The van der Waals surface area contributed by atoms with Crippen molar-refractivity contribution in [3.8, 4) is 0 Å². The first kappa shape index (κ1) is 14.8. The Hall–Kier alpha value is -0.570. The summed E-state index contributed by atoms with van der Waals surface area (Å²) >= 11 is 0. The molecule has 3 N–H and O–H groups in total. The van der Waals surface area contributed by atoms with Gasteiger partial charge in [0.15, 0.2) is 0 Å². The molecule has 0 atom stereocenters. The minimum absolute atomic E-state index is 0.0675. The summed E-state index contributed by atoms with van der Waals surface area (Å²) in [6.45, 7) is 0.599. The molecule has 110 valence electrons. The first-order chi connectivity index (χ1) is 9.24. The van der Waals surface area contributed by atoms with Crippen LogP contribution in [0.4, 0.5) is 0 Å². The second-order valence-electron chi connectivity index (χ2n) is 6.64. The van der Waals surface area contributed by atoms with Crippen molar-refractivity contribution in [2.75, 3.05) is 6.54 Å². The van der Waals surface area contributed by atoms with Gasteiger partial charge in [0, 0.05) is 13.0 Å². The molecule has 0 heterocycles. The highest BCUT2D eigenvalue weighted by Gasteiger charge is 2.33. The van der Waals surface area contributed by atoms with Crippen molar-refractivity contribution < 1.29 is 4.79 Å². The molecule has 2 fully saturated rings. The summed E-state index contributed by atoms with van der Waals surface area (Å²) in [5.41, 5.74) is 5.78. The quantitative estimate of drug-likeness (QED) is 0.776. The zero-order valence-corrected chi connectivity index (χ0v) is 12.3. The molecular weight excluding hydrogens is 236 g/mol. The van der Waals surface area contributed by atoms with Gasteiger partial charge in [-0.15, -0.1) is 0 Å². The average Bonchev–Trinajstić information content (AvgIpc) is 2.89. The highest BCUT2D eigenvalue weighted by atomic mass is 16.1. The van der Waals surface area contributed by atoms with E-state index in [-0.39, 0.29) is 11.4 Å². The van der Waals surface area contributed by atoms with E-state index in [1.165, 1.54) is 51.4 Å². The minimum Gasteiger partial charge on any atom is -0.349 e. The second kappa shape index (κ2) is 7.28. The normalized spacial score (nSPS) is 23.4. The first-order valence-corrected chi connectivity index (χ1v) is 8.25. The molecule has 0 radical (unpaired) electrons. The zero-order chi connectivity index (χ0) is 13.6. The summed E-state index contributed by atoms with van der Waals surface area (Å²) in [7, 11) is 0. The van der Waals surface area contributed by atoms with Gasteiger partial charge in [-0.05, 0) is 31.6 Å². The molecule has 0 bridgehead atoms. The van der Waals surface area contributed by atoms with Crippen LogP contribution < -0.4 is 11.1 Å². The molecule has 0 aromatic carbocycles. The predicted octanol–water partition coefficient (Wildman–Crippen LogP) is 3.12. The molecule has 2 aliphatic rings. The molecule has 2 saturated carbocycles. The Bertz CT molecular complexity index is 278. The van der Waals surface area contributed by atoms with Crippen molar-refractivity contribution >= 4 is 5.91 Å². The molecule has 0 spiro atoms. The maximum atomic E-state index is 12.0. The van der Waals surface area contributed by atoms with E-state index in [4.69, 9.17) is 5.73 Å². The maximum Gasteiger partial charge on any atom is 0.220 e. The summed E-state index contributed by atoms with van der Waals surface area (Å²) in [6, 6.07) is 0. The summed E-state index contributed by atoms with van der Waals surface area (Å²) in [6.07, 6.45) is 14.5. The third kappa shape index (κ3) is 4.48. The Kier molecular flexibility index (Phi) is 5.68. The molecule has 0 saturated heterocycles. The van der Waals surface area contributed by atoms with Crippen molar-refractivity contribution in [2.45, 2.75) is 82.6 Å². The van der Waals surface area contributed by atoms with Crippen LogP contribution in [-0.2, 0) is 4.79 Å². The van der Waals surface area contributed by atoms with Gasteiger partial charge in [-0.25, -0.2) is 0 Å². The molecule has 1 amide bonds. The molecule has 0 aliphatic heterocycles. The van der Waals surface area contributed by atoms with Gasteiger partial charge in [-0.3, -0.25) is 4.79 Å². The predicted molar refractivity (Wildman–Crippen MR) is 78.8 cm³/mol. The van der Waals surface area contributed by atoms with Crippen LogP contribution in [0.5, 0.6) is 0 Å². The highest BCUT2D eigenvalue weighted by Crippen LogP contribution is 2.29. The summed E-state index contributed by atoms with van der Waals surface area (Å²) in [5, 5.41) is 3.22. The van der Waals surface area contributed by atoms with Gasteiger partial charge in [0.1, 0.15) is 0 Å². The van der Waals surface area contributed by atoms with Gasteiger partial charge in [-0.1, -0.05) is 44.9 Å². The molecule has 0 aromatic rings. The highest BCUT2D eigenvalue weighted by molar-refractivity contribution is 5.76. The van der Waals surface area contributed by atoms with Gasteiger partial charge in [0.05, 0.1) is 5.54 Å². The Morgan fingerprint density at radius 3 is 2.42 bits per heavy atom. The van der Waals surface area contributed by atoms with Crippen LogP contribution in [0.15, 0.2) is 0 Å². The molecule has 3 heteroatoms. The SMILES string of the molecule is NCC1(NC(=O)CCCC2CCCCC2)CCCC1. The Morgan fingerprint density at radius 2 is 1.79 bits per heavy atom. The van der Waals surface area contributed by atoms with E-state index in [2.05, 4.69) is 5.32 Å². The van der Waals surface area contributed by atoms with Crippen LogP contribution in [0.2, 0.25) is 0 Å². The second-order valence-corrected chi connectivity index (χ2v) is 6.64. The summed E-state index contributed by atoms with van der Waals surface area (Å²) in [5.74, 6) is 1.11. The van der Waals surface area contributed by atoms with E-state index >= 15 is 0 Å². The van der Waals surface area contributed by atoms with E-state index in [1.54, 1.807) is 0 Å². The van der Waals surface area contributed by atoms with Crippen molar-refractivity contribution in [1.82, 2.24) is 5.32 Å². The average molecular weight is 266 g/mol. The summed E-state index contributed by atoms with van der Waals surface area (Å²) in [4.78, 5) is 12.0. The number of carbonyl (C=O) groups is 1. The molecule has 0 unspecified atom stereocenters. The van der Waals surface area contributed by atoms with Gasteiger partial charge < -0.3 is 11.1 Å². The lowest BCUT2D eigenvalue weighted by Gasteiger charge is -2.29. The number of hydrogen-bond acceptors (Lipinski definition) is 2. The van der Waals surface area contributed by atoms with Crippen LogP contribution >= 0.6 is 0 Å². The molecule has 0 aromatic heterocycles. The number of amides is 1. The van der Waals surface area contributed by atoms with Crippen molar-refractivity contribution in [3.63, 3.8) is 0 Å². The monoisotopic (exact) mass is 266 g/mol. The minimum atomic E-state index is -0.0675. The standard InChI is InChI=1S/C16H30N2O/c17-13-16(11-4-5-12-16)18-15(19)10-6-9-14-7-2-1-3-8-14/h14H,1-13,17H2,(H,18,19). The van der Waals surface area contributed by atoms with E-state index in [0.717, 1.165) is 25.2 Å². The number of nitrogens with two attached hydrogens (primary N) is 1. The fraction of sp³-hybridized carbons (Fsp3) is 0.938. The molecule has 2 rings (SSSR count). The van der Waals surface area contributed by atoms with Gasteiger partial charge in [0.2, 0.25) is 5.91 Å². The van der Waals surface area contributed by atoms with E-state index in [1.807, 2.05) is 0 Å². The van der Waals surface area contributed by atoms with E-state index < -0.39 is 0 Å². The fourth-order valence-corrected chi connectivity index (χ4v) is 3.82. The fourth-order valence-electron chi connectivity index (χ4n) is 3.82. The van der Waals surface area contributed by atoms with E-state index in [9.17, 15) is 4.79 Å². The third-order valence-electron chi connectivity index (χ3n) is 5.10.